The molecule has 2 rings (SSSR count). The Hall–Kier alpha value is -0.890. The minimum atomic E-state index is 0.322. The van der Waals surface area contributed by atoms with Crippen LogP contribution in [0, 0.1) is 0 Å². The first-order valence-electron chi connectivity index (χ1n) is 3.86. The van der Waals surface area contributed by atoms with Gasteiger partial charge < -0.3 is 5.11 Å². The molecule has 1 nitrogen and oxygen atoms in total. The molecule has 0 saturated heterocycles. The van der Waals surface area contributed by atoms with Crippen LogP contribution < -0.4 is 0 Å². The summed E-state index contributed by atoms with van der Waals surface area (Å²) in [4.78, 5) is 0. The third kappa shape index (κ3) is 4.09. The van der Waals surface area contributed by atoms with Gasteiger partial charge in [0.25, 0.3) is 0 Å². The van der Waals surface area contributed by atoms with E-state index in [0.717, 1.165) is 0 Å². The highest BCUT2D eigenvalue weighted by Crippen LogP contribution is 2.06. The molecule has 0 saturated carbocycles. The number of para-hydroxylation sites is 1. The molecule has 0 unspecified atom stereocenters. The van der Waals surface area contributed by atoms with E-state index in [-0.39, 0.29) is 0 Å². The van der Waals surface area contributed by atoms with Gasteiger partial charge in [-0.3, -0.25) is 0 Å². The van der Waals surface area contributed by atoms with Crippen LogP contribution in [0.1, 0.15) is 0 Å². The summed E-state index contributed by atoms with van der Waals surface area (Å²) >= 11 is 1.96. The summed E-state index contributed by atoms with van der Waals surface area (Å²) in [6.07, 6.45) is 4.40. The van der Waals surface area contributed by atoms with E-state index >= 15 is 0 Å². The zero-order valence-electron chi connectivity index (χ0n) is 6.81. The fourth-order valence-corrected chi connectivity index (χ4v) is 1.45. The molecule has 1 aromatic carbocycles. The van der Waals surface area contributed by atoms with Gasteiger partial charge in [0.15, 0.2) is 0 Å². The molecule has 1 aliphatic rings. The molecule has 1 aliphatic heterocycles. The smallest absolute Gasteiger partial charge is 0.115 e. The number of hydrogen-bond acceptors (Lipinski definition) is 2. The molecule has 0 aliphatic carbocycles. The lowest BCUT2D eigenvalue weighted by Crippen LogP contribution is -1.56. The Kier molecular flexibility index (Phi) is 4.39. The van der Waals surface area contributed by atoms with Crippen LogP contribution >= 0.6 is 11.8 Å². The molecule has 1 N–H and O–H groups in total. The monoisotopic (exact) mass is 180 g/mol. The van der Waals surface area contributed by atoms with Crippen molar-refractivity contribution in [2.75, 3.05) is 11.5 Å². The van der Waals surface area contributed by atoms with E-state index in [1.165, 1.54) is 11.5 Å². The van der Waals surface area contributed by atoms with Crippen LogP contribution in [0.4, 0.5) is 0 Å². The minimum absolute atomic E-state index is 0.322. The number of hydrogen-bond donors (Lipinski definition) is 1. The molecular formula is C10H12OS. The van der Waals surface area contributed by atoms with Crippen molar-refractivity contribution < 1.29 is 5.11 Å². The van der Waals surface area contributed by atoms with Crippen LogP contribution in [0.2, 0.25) is 0 Å². The third-order valence-electron chi connectivity index (χ3n) is 1.35. The first kappa shape index (κ1) is 9.20. The Labute approximate surface area is 77.1 Å². The number of rotatable bonds is 0. The molecule has 2 heteroatoms. The molecule has 0 spiro atoms. The first-order chi connectivity index (χ1) is 5.89. The maximum atomic E-state index is 8.63. The topological polar surface area (TPSA) is 20.2 Å². The molecule has 64 valence electrons. The van der Waals surface area contributed by atoms with E-state index in [2.05, 4.69) is 12.2 Å². The van der Waals surface area contributed by atoms with E-state index in [4.69, 9.17) is 5.11 Å². The Morgan fingerprint density at radius 1 is 1.00 bits per heavy atom. The van der Waals surface area contributed by atoms with E-state index in [1.54, 1.807) is 24.3 Å². The fraction of sp³-hybridized carbons (Fsp3) is 0.200. The summed E-state index contributed by atoms with van der Waals surface area (Å²) in [7, 11) is 0. The third-order valence-corrected chi connectivity index (χ3v) is 2.21. The second-order valence-electron chi connectivity index (χ2n) is 2.34. The summed E-state index contributed by atoms with van der Waals surface area (Å²) in [5.74, 6) is 2.79. The molecule has 0 bridgehead atoms. The van der Waals surface area contributed by atoms with Gasteiger partial charge in [-0.2, -0.15) is 11.8 Å². The average Bonchev–Trinajstić information content (AvgIpc) is 2.62. The number of aromatic hydroxyl groups is 1. The van der Waals surface area contributed by atoms with Gasteiger partial charge in [-0.15, -0.1) is 0 Å². The number of benzene rings is 1. The maximum absolute atomic E-state index is 8.63. The molecule has 0 radical (unpaired) electrons. The molecule has 0 amide bonds. The molecule has 12 heavy (non-hydrogen) atoms. The van der Waals surface area contributed by atoms with Gasteiger partial charge >= 0.3 is 0 Å². The Balaban J connectivity index is 0.000000127. The molecule has 0 atom stereocenters. The average molecular weight is 180 g/mol. The second-order valence-corrected chi connectivity index (χ2v) is 3.42. The predicted molar refractivity (Wildman–Crippen MR) is 54.6 cm³/mol. The molecule has 0 aromatic heterocycles. The van der Waals surface area contributed by atoms with Gasteiger partial charge in [-0.05, 0) is 12.1 Å². The van der Waals surface area contributed by atoms with E-state index in [9.17, 15) is 0 Å². The van der Waals surface area contributed by atoms with Gasteiger partial charge in [0.1, 0.15) is 5.75 Å². The molecule has 0 fully saturated rings. The normalized spacial score (nSPS) is 13.7. The van der Waals surface area contributed by atoms with Gasteiger partial charge in [0, 0.05) is 11.5 Å². The standard InChI is InChI=1S/C6H6O.C4H6S/c7-6-4-2-1-3-5-6;1-2-4-5-3-1/h1-5,7H;1-2H,3-4H2. The van der Waals surface area contributed by atoms with Gasteiger partial charge in [-0.25, -0.2) is 0 Å². The van der Waals surface area contributed by atoms with Crippen LogP contribution in [0.25, 0.3) is 0 Å². The predicted octanol–water partition coefficient (Wildman–Crippen LogP) is 2.68. The summed E-state index contributed by atoms with van der Waals surface area (Å²) in [5.41, 5.74) is 0. The highest BCUT2D eigenvalue weighted by atomic mass is 32.2. The zero-order chi connectivity index (χ0) is 8.65. The summed E-state index contributed by atoms with van der Waals surface area (Å²) in [6.45, 7) is 0. The van der Waals surface area contributed by atoms with Crippen molar-refractivity contribution in [2.45, 2.75) is 0 Å². The van der Waals surface area contributed by atoms with E-state index in [1.807, 2.05) is 17.8 Å². The van der Waals surface area contributed by atoms with E-state index in [0.29, 0.717) is 5.75 Å². The van der Waals surface area contributed by atoms with Crippen molar-refractivity contribution in [1.82, 2.24) is 0 Å². The second kappa shape index (κ2) is 5.72. The Morgan fingerprint density at radius 3 is 1.83 bits per heavy atom. The van der Waals surface area contributed by atoms with Crippen molar-refractivity contribution in [1.29, 1.82) is 0 Å². The first-order valence-corrected chi connectivity index (χ1v) is 5.02. The van der Waals surface area contributed by atoms with Crippen LogP contribution in [-0.4, -0.2) is 16.6 Å². The van der Waals surface area contributed by atoms with Crippen LogP contribution in [0.15, 0.2) is 42.5 Å². The van der Waals surface area contributed by atoms with Crippen molar-refractivity contribution in [3.8, 4) is 5.75 Å². The molecule has 1 aromatic rings. The minimum Gasteiger partial charge on any atom is -0.508 e. The summed E-state index contributed by atoms with van der Waals surface area (Å²) < 4.78 is 0. The summed E-state index contributed by atoms with van der Waals surface area (Å²) in [5, 5.41) is 8.63. The van der Waals surface area contributed by atoms with Crippen LogP contribution in [0.5, 0.6) is 5.75 Å². The molecular weight excluding hydrogens is 168 g/mol. The molecule has 1 heterocycles. The highest BCUT2D eigenvalue weighted by Gasteiger charge is 1.84. The Morgan fingerprint density at radius 2 is 1.58 bits per heavy atom. The fourth-order valence-electron chi connectivity index (χ4n) is 0.768. The van der Waals surface area contributed by atoms with Crippen LogP contribution in [-0.2, 0) is 0 Å². The highest BCUT2D eigenvalue weighted by molar-refractivity contribution is 7.99. The lowest BCUT2D eigenvalue weighted by Gasteiger charge is -1.82. The van der Waals surface area contributed by atoms with Crippen molar-refractivity contribution in [3.05, 3.63) is 42.5 Å². The van der Waals surface area contributed by atoms with Gasteiger partial charge in [0.05, 0.1) is 0 Å². The number of phenols is 1. The van der Waals surface area contributed by atoms with Gasteiger partial charge in [-0.1, -0.05) is 30.4 Å². The lowest BCUT2D eigenvalue weighted by molar-refractivity contribution is 0.475. The van der Waals surface area contributed by atoms with Crippen molar-refractivity contribution in [3.63, 3.8) is 0 Å². The number of thioether (sulfide) groups is 1. The van der Waals surface area contributed by atoms with Crippen molar-refractivity contribution >= 4 is 11.8 Å². The summed E-state index contributed by atoms with van der Waals surface area (Å²) in [6, 6.07) is 8.71. The zero-order valence-corrected chi connectivity index (χ0v) is 7.63. The lowest BCUT2D eigenvalue weighted by atomic mass is 10.3. The maximum Gasteiger partial charge on any atom is 0.115 e. The van der Waals surface area contributed by atoms with E-state index < -0.39 is 0 Å². The largest absolute Gasteiger partial charge is 0.508 e. The van der Waals surface area contributed by atoms with Crippen molar-refractivity contribution in [2.24, 2.45) is 0 Å². The van der Waals surface area contributed by atoms with Gasteiger partial charge in [0.2, 0.25) is 0 Å². The SMILES string of the molecule is C1=CCSC1.Oc1ccccc1. The van der Waals surface area contributed by atoms with Crippen LogP contribution in [0.3, 0.4) is 0 Å². The Bertz CT molecular complexity index is 225. The quantitative estimate of drug-likeness (QED) is 0.619. The number of phenolic OH excluding ortho intramolecular Hbond substituents is 1.